The van der Waals surface area contributed by atoms with Crippen molar-refractivity contribution < 1.29 is 19.7 Å². The normalized spacial score (nSPS) is 12.1. The zero-order valence-corrected chi connectivity index (χ0v) is 10.2. The number of hydrogen-bond acceptors (Lipinski definition) is 5. The fourth-order valence-electron chi connectivity index (χ4n) is 1.46. The molecule has 0 fully saturated rings. The first-order chi connectivity index (χ1) is 8.54. The molecule has 1 atom stereocenters. The number of nitrogen functional groups attached to an aromatic ring is 1. The molecule has 0 aromatic heterocycles. The number of amides is 1. The van der Waals surface area contributed by atoms with Crippen molar-refractivity contribution in [2.75, 3.05) is 26.0 Å². The zero-order chi connectivity index (χ0) is 13.5. The second kappa shape index (κ2) is 6.83. The maximum absolute atomic E-state index is 11.7. The van der Waals surface area contributed by atoms with Crippen LogP contribution in [0.1, 0.15) is 16.8 Å². The summed E-state index contributed by atoms with van der Waals surface area (Å²) in [6.45, 7) is 0.530. The molecule has 6 heteroatoms. The van der Waals surface area contributed by atoms with Gasteiger partial charge < -0.3 is 26.0 Å². The molecule has 1 unspecified atom stereocenters. The van der Waals surface area contributed by atoms with E-state index in [9.17, 15) is 15.0 Å². The average Bonchev–Trinajstić information content (AvgIpc) is 2.32. The summed E-state index contributed by atoms with van der Waals surface area (Å²) in [7, 11) is 1.50. The summed E-state index contributed by atoms with van der Waals surface area (Å²) in [5.41, 5.74) is 6.14. The number of methoxy groups -OCH3 is 1. The van der Waals surface area contributed by atoms with Crippen molar-refractivity contribution in [3.8, 4) is 5.75 Å². The van der Waals surface area contributed by atoms with E-state index in [1.807, 2.05) is 0 Å². The molecule has 1 amide bonds. The minimum atomic E-state index is -0.614. The van der Waals surface area contributed by atoms with Gasteiger partial charge in [0.1, 0.15) is 5.75 Å². The number of rotatable bonds is 6. The third-order valence-electron chi connectivity index (χ3n) is 2.40. The van der Waals surface area contributed by atoms with E-state index in [4.69, 9.17) is 10.5 Å². The van der Waals surface area contributed by atoms with E-state index < -0.39 is 6.10 Å². The Bertz CT molecular complexity index is 409. The number of nitrogens with two attached hydrogens (primary N) is 1. The maximum atomic E-state index is 11.7. The Morgan fingerprint density at radius 1 is 1.56 bits per heavy atom. The van der Waals surface area contributed by atoms with E-state index in [1.165, 1.54) is 25.3 Å². The Labute approximate surface area is 105 Å². The molecular weight excluding hydrogens is 236 g/mol. The minimum Gasteiger partial charge on any atom is -0.508 e. The first kappa shape index (κ1) is 14.3. The van der Waals surface area contributed by atoms with E-state index in [0.717, 1.165) is 0 Å². The van der Waals surface area contributed by atoms with Gasteiger partial charge in [-0.2, -0.15) is 0 Å². The highest BCUT2D eigenvalue weighted by molar-refractivity contribution is 5.99. The van der Waals surface area contributed by atoms with E-state index in [2.05, 4.69) is 5.32 Å². The van der Waals surface area contributed by atoms with Crippen LogP contribution < -0.4 is 11.1 Å². The number of ether oxygens (including phenoxy) is 1. The lowest BCUT2D eigenvalue weighted by atomic mass is 10.1. The Morgan fingerprint density at radius 2 is 2.28 bits per heavy atom. The van der Waals surface area contributed by atoms with Crippen LogP contribution >= 0.6 is 0 Å². The van der Waals surface area contributed by atoms with Gasteiger partial charge in [0, 0.05) is 19.3 Å². The van der Waals surface area contributed by atoms with Gasteiger partial charge in [-0.25, -0.2) is 0 Å². The van der Waals surface area contributed by atoms with Crippen molar-refractivity contribution >= 4 is 11.6 Å². The quantitative estimate of drug-likeness (QED) is 0.426. The number of hydrogen-bond donors (Lipinski definition) is 4. The van der Waals surface area contributed by atoms with Crippen molar-refractivity contribution in [2.45, 2.75) is 12.5 Å². The van der Waals surface area contributed by atoms with Crippen molar-refractivity contribution in [3.05, 3.63) is 23.8 Å². The van der Waals surface area contributed by atoms with Gasteiger partial charge in [-0.05, 0) is 24.6 Å². The number of carbonyl (C=O) groups is 1. The van der Waals surface area contributed by atoms with Crippen LogP contribution in [0.15, 0.2) is 18.2 Å². The van der Waals surface area contributed by atoms with Gasteiger partial charge in [0.05, 0.1) is 18.3 Å². The zero-order valence-electron chi connectivity index (χ0n) is 10.2. The standard InChI is InChI=1S/C12H18N2O4/c1-18-7-9(16)4-5-14-12(17)10-6-8(15)2-3-11(10)13/h2-3,6,9,15-16H,4-5,7,13H2,1H3,(H,14,17). The molecule has 1 rings (SSSR count). The van der Waals surface area contributed by atoms with E-state index in [0.29, 0.717) is 18.7 Å². The van der Waals surface area contributed by atoms with E-state index in [1.54, 1.807) is 0 Å². The second-order valence-electron chi connectivity index (χ2n) is 3.93. The Morgan fingerprint density at radius 3 is 2.94 bits per heavy atom. The number of aromatic hydroxyl groups is 1. The SMILES string of the molecule is COCC(O)CCNC(=O)c1cc(O)ccc1N. The molecule has 1 aromatic carbocycles. The summed E-state index contributed by atoms with van der Waals surface area (Å²) in [5.74, 6) is -0.401. The summed E-state index contributed by atoms with van der Waals surface area (Å²) in [6.07, 6.45) is -0.227. The molecule has 0 saturated heterocycles. The van der Waals surface area contributed by atoms with Gasteiger partial charge in [0.25, 0.3) is 5.91 Å². The van der Waals surface area contributed by atoms with Gasteiger partial charge in [-0.15, -0.1) is 0 Å². The van der Waals surface area contributed by atoms with Crippen molar-refractivity contribution in [1.82, 2.24) is 5.32 Å². The molecule has 5 N–H and O–H groups in total. The Balaban J connectivity index is 2.48. The van der Waals surface area contributed by atoms with Gasteiger partial charge in [-0.3, -0.25) is 4.79 Å². The first-order valence-electron chi connectivity index (χ1n) is 5.58. The van der Waals surface area contributed by atoms with Crippen molar-refractivity contribution in [2.24, 2.45) is 0 Å². The molecule has 0 aliphatic carbocycles. The summed E-state index contributed by atoms with van der Waals surface area (Å²) in [5, 5.41) is 21.3. The fourth-order valence-corrected chi connectivity index (χ4v) is 1.46. The van der Waals surface area contributed by atoms with Gasteiger partial charge in [-0.1, -0.05) is 0 Å². The molecule has 18 heavy (non-hydrogen) atoms. The fraction of sp³-hybridized carbons (Fsp3) is 0.417. The van der Waals surface area contributed by atoms with Crippen molar-refractivity contribution in [1.29, 1.82) is 0 Å². The summed E-state index contributed by atoms with van der Waals surface area (Å²) in [6, 6.07) is 4.18. The lowest BCUT2D eigenvalue weighted by Gasteiger charge is -2.11. The largest absolute Gasteiger partial charge is 0.508 e. The summed E-state index contributed by atoms with van der Waals surface area (Å²) < 4.78 is 4.76. The smallest absolute Gasteiger partial charge is 0.253 e. The third-order valence-corrected chi connectivity index (χ3v) is 2.40. The topological polar surface area (TPSA) is 105 Å². The predicted molar refractivity (Wildman–Crippen MR) is 67.4 cm³/mol. The van der Waals surface area contributed by atoms with Crippen LogP contribution in [-0.4, -0.2) is 42.5 Å². The Hall–Kier alpha value is -1.79. The van der Waals surface area contributed by atoms with Crippen LogP contribution in [0.3, 0.4) is 0 Å². The van der Waals surface area contributed by atoms with Crippen molar-refractivity contribution in [3.63, 3.8) is 0 Å². The van der Waals surface area contributed by atoms with Crippen LogP contribution in [0.4, 0.5) is 5.69 Å². The highest BCUT2D eigenvalue weighted by Crippen LogP contribution is 2.18. The van der Waals surface area contributed by atoms with Crippen LogP contribution in [0.2, 0.25) is 0 Å². The molecule has 0 radical (unpaired) electrons. The number of aliphatic hydroxyl groups excluding tert-OH is 1. The summed E-state index contributed by atoms with van der Waals surface area (Å²) in [4.78, 5) is 11.7. The Kier molecular flexibility index (Phi) is 5.41. The maximum Gasteiger partial charge on any atom is 0.253 e. The average molecular weight is 254 g/mol. The van der Waals surface area contributed by atoms with Gasteiger partial charge >= 0.3 is 0 Å². The van der Waals surface area contributed by atoms with Crippen LogP contribution in [0, 0.1) is 0 Å². The first-order valence-corrected chi connectivity index (χ1v) is 5.58. The number of benzene rings is 1. The predicted octanol–water partition coefficient (Wildman–Crippen LogP) is 0.102. The molecule has 0 aliphatic heterocycles. The number of phenols is 1. The number of anilines is 1. The highest BCUT2D eigenvalue weighted by atomic mass is 16.5. The van der Waals surface area contributed by atoms with Gasteiger partial charge in [0.15, 0.2) is 0 Å². The third kappa shape index (κ3) is 4.23. The van der Waals surface area contributed by atoms with Crippen LogP contribution in [0.5, 0.6) is 5.75 Å². The monoisotopic (exact) mass is 254 g/mol. The van der Waals surface area contributed by atoms with E-state index >= 15 is 0 Å². The minimum absolute atomic E-state index is 0.0197. The van der Waals surface area contributed by atoms with E-state index in [-0.39, 0.29) is 23.8 Å². The molecule has 100 valence electrons. The number of carbonyl (C=O) groups excluding carboxylic acids is 1. The van der Waals surface area contributed by atoms with Crippen LogP contribution in [0.25, 0.3) is 0 Å². The molecule has 0 saturated carbocycles. The molecule has 1 aromatic rings. The molecule has 6 nitrogen and oxygen atoms in total. The highest BCUT2D eigenvalue weighted by Gasteiger charge is 2.11. The molecular formula is C12H18N2O4. The number of nitrogens with one attached hydrogen (secondary N) is 1. The number of aliphatic hydroxyl groups is 1. The van der Waals surface area contributed by atoms with Gasteiger partial charge in [0.2, 0.25) is 0 Å². The lowest BCUT2D eigenvalue weighted by molar-refractivity contribution is 0.0588. The lowest BCUT2D eigenvalue weighted by Crippen LogP contribution is -2.29. The molecule has 0 bridgehead atoms. The number of phenolic OH excluding ortho intramolecular Hbond substituents is 1. The molecule has 0 spiro atoms. The summed E-state index contributed by atoms with van der Waals surface area (Å²) >= 11 is 0. The molecule has 0 aliphatic rings. The second-order valence-corrected chi connectivity index (χ2v) is 3.93. The van der Waals surface area contributed by atoms with Crippen LogP contribution in [-0.2, 0) is 4.74 Å². The molecule has 0 heterocycles.